The number of rotatable bonds is 9. The summed E-state index contributed by atoms with van der Waals surface area (Å²) in [6.45, 7) is 5.73. The maximum atomic E-state index is 11.1. The van der Waals surface area contributed by atoms with Gasteiger partial charge < -0.3 is 0 Å². The molecule has 13 heavy (non-hydrogen) atoms. The maximum Gasteiger partial charge on any atom is 0.132 e. The molecule has 0 radical (unpaired) electrons. The van der Waals surface area contributed by atoms with Crippen LogP contribution in [0.15, 0.2) is 12.7 Å². The monoisotopic (exact) mass is 182 g/mol. The molecule has 0 rings (SSSR count). The third-order valence-electron chi connectivity index (χ3n) is 2.14. The molecule has 0 aliphatic rings. The average molecular weight is 182 g/mol. The Morgan fingerprint density at radius 3 is 2.46 bits per heavy atom. The van der Waals surface area contributed by atoms with E-state index in [2.05, 4.69) is 13.5 Å². The fourth-order valence-electron chi connectivity index (χ4n) is 1.37. The summed E-state index contributed by atoms with van der Waals surface area (Å²) in [5.41, 5.74) is 0. The molecule has 0 aliphatic heterocycles. The van der Waals surface area contributed by atoms with E-state index in [1.54, 1.807) is 0 Å². The predicted molar refractivity (Wildman–Crippen MR) is 57.8 cm³/mol. The quantitative estimate of drug-likeness (QED) is 0.390. The molecule has 0 saturated heterocycles. The molecule has 0 fully saturated rings. The van der Waals surface area contributed by atoms with E-state index in [9.17, 15) is 4.79 Å². The Hall–Kier alpha value is -0.590. The van der Waals surface area contributed by atoms with Gasteiger partial charge in [-0.2, -0.15) is 0 Å². The molecular weight excluding hydrogens is 160 g/mol. The van der Waals surface area contributed by atoms with Crippen molar-refractivity contribution in [2.45, 2.75) is 58.3 Å². The second kappa shape index (κ2) is 9.50. The Morgan fingerprint density at radius 1 is 1.15 bits per heavy atom. The van der Waals surface area contributed by atoms with Gasteiger partial charge in [-0.15, -0.1) is 6.58 Å². The molecule has 0 aliphatic carbocycles. The number of unbranched alkanes of at least 4 members (excludes halogenated alkanes) is 4. The van der Waals surface area contributed by atoms with E-state index in [0.29, 0.717) is 5.78 Å². The Morgan fingerprint density at radius 2 is 1.85 bits per heavy atom. The summed E-state index contributed by atoms with van der Waals surface area (Å²) in [4.78, 5) is 11.1. The normalized spacial score (nSPS) is 9.92. The average Bonchev–Trinajstić information content (AvgIpc) is 2.11. The van der Waals surface area contributed by atoms with Gasteiger partial charge in [-0.25, -0.2) is 0 Å². The van der Waals surface area contributed by atoms with Crippen LogP contribution in [0.3, 0.4) is 0 Å². The van der Waals surface area contributed by atoms with Crippen molar-refractivity contribution in [1.29, 1.82) is 0 Å². The predicted octanol–water partition coefficient (Wildman–Crippen LogP) is 3.88. The van der Waals surface area contributed by atoms with E-state index in [0.717, 1.165) is 32.1 Å². The molecule has 0 spiro atoms. The molecule has 0 heterocycles. The second-order valence-corrected chi connectivity index (χ2v) is 3.53. The summed E-state index contributed by atoms with van der Waals surface area (Å²) in [6, 6.07) is 0. The summed E-state index contributed by atoms with van der Waals surface area (Å²) in [7, 11) is 0. The van der Waals surface area contributed by atoms with E-state index in [-0.39, 0.29) is 0 Å². The minimum absolute atomic E-state index is 0.436. The first-order chi connectivity index (χ1) is 6.31. The standard InChI is InChI=1S/C12H22O/c1-3-5-6-7-8-9-11-12(13)10-4-2/h3H,1,4-11H2,2H3. The van der Waals surface area contributed by atoms with Gasteiger partial charge in [-0.05, 0) is 25.7 Å². The van der Waals surface area contributed by atoms with Crippen molar-refractivity contribution in [3.05, 3.63) is 12.7 Å². The van der Waals surface area contributed by atoms with Crippen molar-refractivity contribution in [1.82, 2.24) is 0 Å². The van der Waals surface area contributed by atoms with Gasteiger partial charge in [0.05, 0.1) is 0 Å². The van der Waals surface area contributed by atoms with E-state index in [1.807, 2.05) is 6.08 Å². The third kappa shape index (κ3) is 9.32. The van der Waals surface area contributed by atoms with Crippen LogP contribution in [0.1, 0.15) is 58.3 Å². The van der Waals surface area contributed by atoms with Gasteiger partial charge in [0.2, 0.25) is 0 Å². The van der Waals surface area contributed by atoms with Crippen LogP contribution >= 0.6 is 0 Å². The van der Waals surface area contributed by atoms with Crippen molar-refractivity contribution in [2.75, 3.05) is 0 Å². The Kier molecular flexibility index (Phi) is 9.07. The van der Waals surface area contributed by atoms with Crippen LogP contribution in [-0.2, 0) is 4.79 Å². The summed E-state index contributed by atoms with van der Waals surface area (Å²) in [6.07, 6.45) is 10.4. The molecule has 0 N–H and O–H groups in total. The zero-order chi connectivity index (χ0) is 9.94. The lowest BCUT2D eigenvalue weighted by atomic mass is 10.1. The van der Waals surface area contributed by atoms with Crippen molar-refractivity contribution in [2.24, 2.45) is 0 Å². The lowest BCUT2D eigenvalue weighted by molar-refractivity contribution is -0.119. The van der Waals surface area contributed by atoms with Crippen molar-refractivity contribution >= 4 is 5.78 Å². The maximum absolute atomic E-state index is 11.1. The van der Waals surface area contributed by atoms with Gasteiger partial charge in [-0.1, -0.05) is 25.8 Å². The molecule has 1 nitrogen and oxygen atoms in total. The van der Waals surface area contributed by atoms with Gasteiger partial charge in [0, 0.05) is 12.8 Å². The summed E-state index contributed by atoms with van der Waals surface area (Å²) >= 11 is 0. The van der Waals surface area contributed by atoms with Crippen LogP contribution in [0, 0.1) is 0 Å². The molecule has 1 heteroatoms. The number of carbonyl (C=O) groups excluding carboxylic acids is 1. The van der Waals surface area contributed by atoms with Gasteiger partial charge in [0.15, 0.2) is 0 Å². The lowest BCUT2D eigenvalue weighted by Gasteiger charge is -1.99. The highest BCUT2D eigenvalue weighted by Crippen LogP contribution is 2.07. The summed E-state index contributed by atoms with van der Waals surface area (Å²) in [5.74, 6) is 0.436. The zero-order valence-electron chi connectivity index (χ0n) is 8.85. The van der Waals surface area contributed by atoms with Crippen LogP contribution in [0.5, 0.6) is 0 Å². The molecule has 0 aromatic carbocycles. The van der Waals surface area contributed by atoms with Gasteiger partial charge in [0.25, 0.3) is 0 Å². The Bertz CT molecular complexity index is 138. The van der Waals surface area contributed by atoms with Crippen LogP contribution < -0.4 is 0 Å². The number of ketones is 1. The van der Waals surface area contributed by atoms with E-state index < -0.39 is 0 Å². The van der Waals surface area contributed by atoms with E-state index in [1.165, 1.54) is 19.3 Å². The van der Waals surface area contributed by atoms with Gasteiger partial charge in [-0.3, -0.25) is 4.79 Å². The molecule has 0 aromatic rings. The molecular formula is C12H22O. The zero-order valence-corrected chi connectivity index (χ0v) is 8.85. The molecule has 0 atom stereocenters. The van der Waals surface area contributed by atoms with Crippen LogP contribution in [0.25, 0.3) is 0 Å². The first-order valence-corrected chi connectivity index (χ1v) is 5.43. The number of carbonyl (C=O) groups is 1. The van der Waals surface area contributed by atoms with Crippen LogP contribution in [0.4, 0.5) is 0 Å². The SMILES string of the molecule is C=CCCCCCCC(=O)CCC. The molecule has 0 bridgehead atoms. The first kappa shape index (κ1) is 12.4. The molecule has 0 saturated carbocycles. The fraction of sp³-hybridized carbons (Fsp3) is 0.750. The highest BCUT2D eigenvalue weighted by molar-refractivity contribution is 5.78. The lowest BCUT2D eigenvalue weighted by Crippen LogP contribution is -1.95. The van der Waals surface area contributed by atoms with Gasteiger partial charge >= 0.3 is 0 Å². The minimum Gasteiger partial charge on any atom is -0.300 e. The summed E-state index contributed by atoms with van der Waals surface area (Å²) in [5, 5.41) is 0. The Labute approximate surface area is 82.2 Å². The molecule has 0 amide bonds. The highest BCUT2D eigenvalue weighted by atomic mass is 16.1. The number of hydrogen-bond acceptors (Lipinski definition) is 1. The van der Waals surface area contributed by atoms with E-state index in [4.69, 9.17) is 0 Å². The first-order valence-electron chi connectivity index (χ1n) is 5.43. The minimum atomic E-state index is 0.436. The topological polar surface area (TPSA) is 17.1 Å². The number of allylic oxidation sites excluding steroid dienone is 1. The van der Waals surface area contributed by atoms with Crippen molar-refractivity contribution in [3.8, 4) is 0 Å². The van der Waals surface area contributed by atoms with Crippen LogP contribution in [0.2, 0.25) is 0 Å². The molecule has 0 aromatic heterocycles. The number of hydrogen-bond donors (Lipinski definition) is 0. The summed E-state index contributed by atoms with van der Waals surface area (Å²) < 4.78 is 0. The highest BCUT2D eigenvalue weighted by Gasteiger charge is 1.98. The smallest absolute Gasteiger partial charge is 0.132 e. The number of Topliss-reactive ketones (excluding diaryl/α,β-unsaturated/α-hetero) is 1. The van der Waals surface area contributed by atoms with E-state index >= 15 is 0 Å². The van der Waals surface area contributed by atoms with Crippen molar-refractivity contribution < 1.29 is 4.79 Å². The Balaban J connectivity index is 3.06. The largest absolute Gasteiger partial charge is 0.300 e. The fourth-order valence-corrected chi connectivity index (χ4v) is 1.37. The molecule has 0 unspecified atom stereocenters. The van der Waals surface area contributed by atoms with Gasteiger partial charge in [0.1, 0.15) is 5.78 Å². The van der Waals surface area contributed by atoms with Crippen LogP contribution in [-0.4, -0.2) is 5.78 Å². The third-order valence-corrected chi connectivity index (χ3v) is 2.14. The van der Waals surface area contributed by atoms with Crippen molar-refractivity contribution in [3.63, 3.8) is 0 Å². The molecule has 76 valence electrons. The second-order valence-electron chi connectivity index (χ2n) is 3.53.